The Balaban J connectivity index is 1.08. The zero-order chi connectivity index (χ0) is 33.8. The molecular weight excluding hydrogens is 606 g/mol. The lowest BCUT2D eigenvalue weighted by Crippen LogP contribution is -2.52. The first-order valence-corrected chi connectivity index (χ1v) is 16.2. The van der Waals surface area contributed by atoms with Gasteiger partial charge in [0.15, 0.2) is 0 Å². The first-order valence-electron chi connectivity index (χ1n) is 16.2. The molecule has 9 nitrogen and oxygen atoms in total. The number of nitrogens with zero attached hydrogens (tertiary/aromatic N) is 2. The number of nitrogens with one attached hydrogen (secondary N) is 1. The first kappa shape index (κ1) is 32.5. The number of amides is 3. The minimum Gasteiger partial charge on any atom is -0.508 e. The van der Waals surface area contributed by atoms with E-state index in [-0.39, 0.29) is 29.7 Å². The molecule has 246 valence electrons. The van der Waals surface area contributed by atoms with Crippen LogP contribution in [0.2, 0.25) is 0 Å². The molecule has 3 N–H and O–H groups in total. The Bertz CT molecular complexity index is 1850. The molecule has 2 aliphatic heterocycles. The van der Waals surface area contributed by atoms with Crippen LogP contribution in [0.5, 0.6) is 17.2 Å². The maximum atomic E-state index is 13.0. The number of fused-ring (bicyclic) bond motifs is 1. The van der Waals surface area contributed by atoms with Crippen LogP contribution in [-0.4, -0.2) is 64.0 Å². The monoisotopic (exact) mass is 645 g/mol. The summed E-state index contributed by atoms with van der Waals surface area (Å²) in [7, 11) is 2.02. The lowest BCUT2D eigenvalue weighted by molar-refractivity contribution is -0.136. The van der Waals surface area contributed by atoms with Crippen molar-refractivity contribution >= 4 is 28.9 Å². The van der Waals surface area contributed by atoms with Gasteiger partial charge < -0.3 is 19.8 Å². The van der Waals surface area contributed by atoms with Crippen LogP contribution in [0.4, 0.5) is 0 Å². The Hall–Kier alpha value is -5.41. The van der Waals surface area contributed by atoms with Gasteiger partial charge in [0.25, 0.3) is 5.91 Å². The molecule has 0 spiro atoms. The van der Waals surface area contributed by atoms with Crippen LogP contribution in [-0.2, 0) is 22.7 Å². The molecule has 6 rings (SSSR count). The van der Waals surface area contributed by atoms with E-state index in [2.05, 4.69) is 17.1 Å². The van der Waals surface area contributed by atoms with Crippen LogP contribution >= 0.6 is 0 Å². The summed E-state index contributed by atoms with van der Waals surface area (Å²) in [6.45, 7) is 4.29. The lowest BCUT2D eigenvalue weighted by Gasteiger charge is -2.29. The molecule has 1 fully saturated rings. The number of rotatable bonds is 11. The van der Waals surface area contributed by atoms with E-state index in [1.807, 2.05) is 73.8 Å². The highest BCUT2D eigenvalue weighted by molar-refractivity contribution is 6.05. The molecular formula is C39H39N3O6. The second-order valence-electron chi connectivity index (χ2n) is 12.3. The number of piperidine rings is 1. The van der Waals surface area contributed by atoms with Gasteiger partial charge in [0, 0.05) is 31.6 Å². The Morgan fingerprint density at radius 3 is 2.12 bits per heavy atom. The highest BCUT2D eigenvalue weighted by Crippen LogP contribution is 2.36. The molecule has 0 radical (unpaired) electrons. The summed E-state index contributed by atoms with van der Waals surface area (Å²) in [5.74, 6) is 0.305. The Morgan fingerprint density at radius 2 is 1.50 bits per heavy atom. The van der Waals surface area contributed by atoms with Crippen LogP contribution in [0.1, 0.15) is 64.4 Å². The molecule has 9 heteroatoms. The molecule has 4 aromatic carbocycles. The third-order valence-corrected chi connectivity index (χ3v) is 8.95. The third-order valence-electron chi connectivity index (χ3n) is 8.95. The van der Waals surface area contributed by atoms with Crippen molar-refractivity contribution in [1.29, 1.82) is 0 Å². The number of likely N-dealkylation sites (N-methyl/N-ethyl adjacent to an activating group) is 1. The van der Waals surface area contributed by atoms with E-state index in [1.165, 1.54) is 0 Å². The van der Waals surface area contributed by atoms with Crippen molar-refractivity contribution in [3.8, 4) is 17.2 Å². The summed E-state index contributed by atoms with van der Waals surface area (Å²) >= 11 is 0. The zero-order valence-electron chi connectivity index (χ0n) is 27.1. The number of carbonyl (C=O) groups excluding carboxylic acids is 3. The molecule has 2 heterocycles. The molecule has 2 aliphatic rings. The minimum atomic E-state index is -0.622. The Morgan fingerprint density at radius 1 is 0.875 bits per heavy atom. The summed E-state index contributed by atoms with van der Waals surface area (Å²) in [4.78, 5) is 40.7. The van der Waals surface area contributed by atoms with Gasteiger partial charge in [-0.3, -0.25) is 24.6 Å². The van der Waals surface area contributed by atoms with Gasteiger partial charge in [-0.2, -0.15) is 0 Å². The van der Waals surface area contributed by atoms with Crippen LogP contribution < -0.4 is 10.1 Å². The minimum absolute atomic E-state index is 0.171. The topological polar surface area (TPSA) is 119 Å². The summed E-state index contributed by atoms with van der Waals surface area (Å²) in [6, 6.07) is 27.6. The maximum absolute atomic E-state index is 13.0. The number of phenolic OH excluding ortho intramolecular Hbond substituents is 2. The van der Waals surface area contributed by atoms with Gasteiger partial charge in [-0.25, -0.2) is 0 Å². The lowest BCUT2D eigenvalue weighted by atomic mass is 9.88. The molecule has 0 saturated carbocycles. The van der Waals surface area contributed by atoms with Crippen LogP contribution in [0.3, 0.4) is 0 Å². The summed E-state index contributed by atoms with van der Waals surface area (Å²) < 4.78 is 6.11. The number of hydrogen-bond acceptors (Lipinski definition) is 7. The van der Waals surface area contributed by atoms with E-state index in [0.29, 0.717) is 38.2 Å². The molecule has 48 heavy (non-hydrogen) atoms. The average molecular weight is 646 g/mol. The molecule has 3 amide bonds. The van der Waals surface area contributed by atoms with Crippen LogP contribution in [0, 0.1) is 0 Å². The number of phenols is 2. The van der Waals surface area contributed by atoms with Crippen molar-refractivity contribution in [2.45, 2.75) is 45.3 Å². The van der Waals surface area contributed by atoms with Gasteiger partial charge in [-0.1, -0.05) is 55.5 Å². The van der Waals surface area contributed by atoms with Gasteiger partial charge >= 0.3 is 0 Å². The van der Waals surface area contributed by atoms with E-state index in [4.69, 9.17) is 4.74 Å². The molecule has 0 aliphatic carbocycles. The van der Waals surface area contributed by atoms with Gasteiger partial charge in [-0.05, 0) is 101 Å². The molecule has 0 bridgehead atoms. The van der Waals surface area contributed by atoms with Crippen molar-refractivity contribution in [2.75, 3.05) is 20.2 Å². The first-order chi connectivity index (χ1) is 23.2. The largest absolute Gasteiger partial charge is 0.508 e. The maximum Gasteiger partial charge on any atom is 0.255 e. The van der Waals surface area contributed by atoms with Crippen molar-refractivity contribution in [3.05, 3.63) is 124 Å². The van der Waals surface area contributed by atoms with E-state index in [9.17, 15) is 24.6 Å². The SMILES string of the molecule is CCC(=C(c1ccc(O)cc1)c1ccc(OCCN(C)Cc2ccc3c(c2)CN(C2CCC(=O)NC2=O)C3=O)cc1)c1ccc(O)cc1. The van der Waals surface area contributed by atoms with Crippen molar-refractivity contribution < 1.29 is 29.3 Å². The molecule has 4 aromatic rings. The average Bonchev–Trinajstić information content (AvgIpc) is 3.40. The second kappa shape index (κ2) is 14.1. The molecule has 1 saturated heterocycles. The van der Waals surface area contributed by atoms with Gasteiger partial charge in [0.1, 0.15) is 29.9 Å². The normalized spacial score (nSPS) is 16.5. The number of aromatic hydroxyl groups is 2. The van der Waals surface area contributed by atoms with E-state index < -0.39 is 11.9 Å². The highest BCUT2D eigenvalue weighted by Gasteiger charge is 2.39. The highest BCUT2D eigenvalue weighted by atomic mass is 16.5. The van der Waals surface area contributed by atoms with Gasteiger partial charge in [-0.15, -0.1) is 0 Å². The van der Waals surface area contributed by atoms with Crippen molar-refractivity contribution in [3.63, 3.8) is 0 Å². The van der Waals surface area contributed by atoms with Gasteiger partial charge in [0.2, 0.25) is 11.8 Å². The summed E-state index contributed by atoms with van der Waals surface area (Å²) in [6.07, 6.45) is 1.35. The van der Waals surface area contributed by atoms with E-state index in [0.717, 1.165) is 51.1 Å². The Labute approximate surface area is 280 Å². The number of imide groups is 1. The number of hydrogen-bond donors (Lipinski definition) is 3. The molecule has 0 aromatic heterocycles. The van der Waals surface area contributed by atoms with Crippen LogP contribution in [0.15, 0.2) is 91.0 Å². The standard InChI is InChI=1S/C39H39N3O6/c1-3-33(26-5-11-30(43)12-6-26)37(27-7-13-31(44)14-8-27)28-9-15-32(16-10-28)48-21-20-41(2)23-25-4-17-34-29(22-25)24-42(39(34)47)35-18-19-36(45)40-38(35)46/h4-17,22,35,43-44H,3,18-21,23-24H2,1-2H3,(H,40,45,46). The van der Waals surface area contributed by atoms with Gasteiger partial charge in [0.05, 0.1) is 0 Å². The number of ether oxygens (including phenoxy) is 1. The zero-order valence-corrected chi connectivity index (χ0v) is 27.1. The van der Waals surface area contributed by atoms with Crippen molar-refractivity contribution in [2.24, 2.45) is 0 Å². The van der Waals surface area contributed by atoms with E-state index >= 15 is 0 Å². The molecule has 1 atom stereocenters. The molecule has 1 unspecified atom stereocenters. The fourth-order valence-corrected chi connectivity index (χ4v) is 6.49. The van der Waals surface area contributed by atoms with Crippen LogP contribution in [0.25, 0.3) is 11.1 Å². The number of allylic oxidation sites excluding steroid dienone is 1. The smallest absolute Gasteiger partial charge is 0.255 e. The number of carbonyl (C=O) groups is 3. The fourth-order valence-electron chi connectivity index (χ4n) is 6.49. The van der Waals surface area contributed by atoms with E-state index in [1.54, 1.807) is 29.2 Å². The quantitative estimate of drug-likeness (QED) is 0.141. The van der Waals surface area contributed by atoms with Crippen molar-refractivity contribution in [1.82, 2.24) is 15.1 Å². The predicted octanol–water partition coefficient (Wildman–Crippen LogP) is 5.74. The summed E-state index contributed by atoms with van der Waals surface area (Å²) in [5, 5.41) is 22.1. The second-order valence-corrected chi connectivity index (χ2v) is 12.3. The summed E-state index contributed by atoms with van der Waals surface area (Å²) in [5.41, 5.74) is 7.74. The number of benzene rings is 4. The Kier molecular flexibility index (Phi) is 9.59. The third kappa shape index (κ3) is 7.11. The predicted molar refractivity (Wildman–Crippen MR) is 183 cm³/mol. The fraction of sp³-hybridized carbons (Fsp3) is 0.256.